The molecule has 0 heterocycles. The van der Waals surface area contributed by atoms with Crippen molar-refractivity contribution in [3.8, 4) is 0 Å². The third-order valence-electron chi connectivity index (χ3n) is 0.780. The van der Waals surface area contributed by atoms with E-state index in [1.807, 2.05) is 7.05 Å². The van der Waals surface area contributed by atoms with E-state index >= 15 is 0 Å². The topological polar surface area (TPSA) is 38.0 Å². The van der Waals surface area contributed by atoms with Gasteiger partial charge in [-0.05, 0) is 27.1 Å². The highest BCUT2D eigenvalue weighted by Crippen LogP contribution is 1.79. The van der Waals surface area contributed by atoms with Crippen molar-refractivity contribution in [2.75, 3.05) is 20.6 Å². The minimum absolute atomic E-state index is 1.16. The van der Waals surface area contributed by atoms with Crippen LogP contribution in [0.5, 0.6) is 0 Å². The maximum Gasteiger partial charge on any atom is -0.00520 e. The zero-order valence-corrected chi connectivity index (χ0v) is 11.6. The number of nitrogens with two attached hydrogens (primary N) is 1. The largest absolute Gasteiger partial charge is 0.333 e. The smallest absolute Gasteiger partial charge is 0.00520 e. The molecule has 3 N–H and O–H groups in total. The number of hydrogen-bond acceptors (Lipinski definition) is 2. The van der Waals surface area contributed by atoms with Crippen molar-refractivity contribution in [1.29, 1.82) is 0 Å². The zero-order chi connectivity index (χ0) is 12.2. The predicted molar refractivity (Wildman–Crippen MR) is 70.9 cm³/mol. The van der Waals surface area contributed by atoms with Gasteiger partial charge in [0.1, 0.15) is 0 Å². The molecule has 92 valence electrons. The Morgan fingerprint density at radius 1 is 0.857 bits per heavy atom. The van der Waals surface area contributed by atoms with Gasteiger partial charge in [-0.2, -0.15) is 0 Å². The second-order valence-corrected chi connectivity index (χ2v) is 2.87. The normalized spacial score (nSPS) is 6.86. The molecule has 0 aromatic rings. The molecule has 0 atom stereocenters. The van der Waals surface area contributed by atoms with E-state index in [2.05, 4.69) is 45.7 Å². The summed E-state index contributed by atoms with van der Waals surface area (Å²) in [5, 5.41) is 3.07. The van der Waals surface area contributed by atoms with Gasteiger partial charge in [-0.15, -0.1) is 0 Å². The average Bonchev–Trinajstić information content (AvgIpc) is 2.20. The van der Waals surface area contributed by atoms with Crippen LogP contribution in [-0.4, -0.2) is 20.6 Å². The van der Waals surface area contributed by atoms with Crippen LogP contribution in [0.25, 0.3) is 0 Å². The summed E-state index contributed by atoms with van der Waals surface area (Å²) in [5.41, 5.74) is 4.50. The highest BCUT2D eigenvalue weighted by Gasteiger charge is 1.73. The molecule has 0 aromatic carbocycles. The van der Waals surface area contributed by atoms with Crippen molar-refractivity contribution in [3.05, 3.63) is 0 Å². The summed E-state index contributed by atoms with van der Waals surface area (Å²) in [7, 11) is 3.48. The van der Waals surface area contributed by atoms with E-state index in [4.69, 9.17) is 0 Å². The Hall–Kier alpha value is -0.0800. The fraction of sp³-hybridized carbons (Fsp3) is 1.00. The van der Waals surface area contributed by atoms with Crippen LogP contribution >= 0.6 is 0 Å². The van der Waals surface area contributed by atoms with E-state index in [0.29, 0.717) is 0 Å². The zero-order valence-electron chi connectivity index (χ0n) is 11.6. The molecule has 0 radical (unpaired) electrons. The Kier molecular flexibility index (Phi) is 88.3. The summed E-state index contributed by atoms with van der Waals surface area (Å²) in [6.45, 7) is 11.9. The molecular weight excluding hydrogens is 172 g/mol. The second kappa shape index (κ2) is 52.4. The first-order valence-corrected chi connectivity index (χ1v) is 5.97. The minimum atomic E-state index is 1.16. The molecule has 0 aliphatic carbocycles. The molecule has 0 aliphatic heterocycles. The molecule has 2 heteroatoms. The van der Waals surface area contributed by atoms with Gasteiger partial charge in [-0.3, -0.25) is 0 Å². The van der Waals surface area contributed by atoms with Gasteiger partial charge in [-0.25, -0.2) is 0 Å². The SMILES string of the molecule is CCC.CCC.CCCCNC.CN. The maximum atomic E-state index is 4.50. The fourth-order valence-electron chi connectivity index (χ4n) is 0.354. The maximum absolute atomic E-state index is 4.50. The Morgan fingerprint density at radius 3 is 1.21 bits per heavy atom. The van der Waals surface area contributed by atoms with Gasteiger partial charge in [0.05, 0.1) is 0 Å². The lowest BCUT2D eigenvalue weighted by molar-refractivity contribution is 0.711. The summed E-state index contributed by atoms with van der Waals surface area (Å²) >= 11 is 0. The number of unbranched alkanes of at least 4 members (excludes halogenated alkanes) is 1. The molecule has 0 aliphatic rings. The van der Waals surface area contributed by atoms with Gasteiger partial charge in [0.25, 0.3) is 0 Å². The molecule has 0 spiro atoms. The molecule has 0 saturated carbocycles. The molecular formula is C12H34N2. The molecule has 0 fully saturated rings. The molecule has 0 bridgehead atoms. The van der Waals surface area contributed by atoms with Crippen molar-refractivity contribution in [2.24, 2.45) is 5.73 Å². The summed E-state index contributed by atoms with van der Waals surface area (Å²) in [6, 6.07) is 0. The van der Waals surface area contributed by atoms with Crippen LogP contribution in [0.1, 0.15) is 60.3 Å². The lowest BCUT2D eigenvalue weighted by atomic mass is 10.3. The van der Waals surface area contributed by atoms with Crippen molar-refractivity contribution >= 4 is 0 Å². The van der Waals surface area contributed by atoms with Gasteiger partial charge < -0.3 is 11.1 Å². The van der Waals surface area contributed by atoms with Gasteiger partial charge >= 0.3 is 0 Å². The first-order valence-electron chi connectivity index (χ1n) is 5.97. The highest BCUT2D eigenvalue weighted by atomic mass is 14.8. The highest BCUT2D eigenvalue weighted by molar-refractivity contribution is 4.34. The van der Waals surface area contributed by atoms with Gasteiger partial charge in [0.15, 0.2) is 0 Å². The van der Waals surface area contributed by atoms with Crippen molar-refractivity contribution in [1.82, 2.24) is 5.32 Å². The van der Waals surface area contributed by atoms with Crippen LogP contribution in [0.2, 0.25) is 0 Å². The minimum Gasteiger partial charge on any atom is -0.333 e. The molecule has 0 amide bonds. The van der Waals surface area contributed by atoms with E-state index in [1.165, 1.54) is 32.7 Å². The Morgan fingerprint density at radius 2 is 1.14 bits per heavy atom. The predicted octanol–water partition coefficient (Wildman–Crippen LogP) is 3.41. The summed E-state index contributed by atoms with van der Waals surface area (Å²) < 4.78 is 0. The first kappa shape index (κ1) is 23.6. The average molecular weight is 206 g/mol. The van der Waals surface area contributed by atoms with Gasteiger partial charge in [0, 0.05) is 0 Å². The van der Waals surface area contributed by atoms with Crippen LogP contribution in [0.15, 0.2) is 0 Å². The van der Waals surface area contributed by atoms with Crippen LogP contribution in [0.3, 0.4) is 0 Å². The summed E-state index contributed by atoms with van der Waals surface area (Å²) in [6.07, 6.45) is 5.09. The van der Waals surface area contributed by atoms with Gasteiger partial charge in [-0.1, -0.05) is 53.9 Å². The quantitative estimate of drug-likeness (QED) is 0.694. The number of hydrogen-bond donors (Lipinski definition) is 2. The molecule has 2 nitrogen and oxygen atoms in total. The van der Waals surface area contributed by atoms with Crippen molar-refractivity contribution in [3.63, 3.8) is 0 Å². The Labute approximate surface area is 92.7 Å². The van der Waals surface area contributed by atoms with E-state index in [1.54, 1.807) is 0 Å². The molecule has 0 aromatic heterocycles. The second-order valence-electron chi connectivity index (χ2n) is 2.87. The summed E-state index contributed by atoms with van der Waals surface area (Å²) in [5.74, 6) is 0. The lowest BCUT2D eigenvalue weighted by Gasteiger charge is -1.89. The third-order valence-corrected chi connectivity index (χ3v) is 0.780. The number of rotatable bonds is 3. The third kappa shape index (κ3) is 167. The molecule has 14 heavy (non-hydrogen) atoms. The van der Waals surface area contributed by atoms with Crippen molar-refractivity contribution < 1.29 is 0 Å². The van der Waals surface area contributed by atoms with Crippen LogP contribution in [0.4, 0.5) is 0 Å². The van der Waals surface area contributed by atoms with Gasteiger partial charge in [0.2, 0.25) is 0 Å². The van der Waals surface area contributed by atoms with E-state index in [9.17, 15) is 0 Å². The van der Waals surface area contributed by atoms with E-state index in [0.717, 1.165) is 6.54 Å². The molecule has 0 saturated heterocycles. The standard InChI is InChI=1S/C5H13N.2C3H8.CH5N/c1-3-4-5-6-2;2*1-3-2;1-2/h6H,3-5H2,1-2H3;2*3H2,1-2H3;2H2,1H3. The van der Waals surface area contributed by atoms with Crippen LogP contribution in [-0.2, 0) is 0 Å². The number of nitrogens with one attached hydrogen (secondary N) is 1. The van der Waals surface area contributed by atoms with E-state index < -0.39 is 0 Å². The fourth-order valence-corrected chi connectivity index (χ4v) is 0.354. The van der Waals surface area contributed by atoms with Crippen LogP contribution < -0.4 is 11.1 Å². The van der Waals surface area contributed by atoms with Crippen LogP contribution in [0, 0.1) is 0 Å². The van der Waals surface area contributed by atoms with Crippen molar-refractivity contribution in [2.45, 2.75) is 60.3 Å². The molecule has 0 unspecified atom stereocenters. The lowest BCUT2D eigenvalue weighted by Crippen LogP contribution is -2.06. The Bertz CT molecular complexity index is 33.3. The Balaban J connectivity index is -0.0000000536. The first-order chi connectivity index (χ1) is 6.74. The monoisotopic (exact) mass is 206 g/mol. The van der Waals surface area contributed by atoms with E-state index in [-0.39, 0.29) is 0 Å². The molecule has 0 rings (SSSR count). The summed E-state index contributed by atoms with van der Waals surface area (Å²) in [4.78, 5) is 0.